The van der Waals surface area contributed by atoms with Gasteiger partial charge in [0.1, 0.15) is 18.2 Å². The molecule has 6 rings (SSSR count). The van der Waals surface area contributed by atoms with Crippen LogP contribution in [0.25, 0.3) is 17.0 Å². The van der Waals surface area contributed by atoms with Crippen LogP contribution in [0.3, 0.4) is 0 Å². The molecule has 0 fully saturated rings. The Kier molecular flexibility index (Phi) is 4.12. The Labute approximate surface area is 176 Å². The molecule has 156 valence electrons. The molecule has 10 nitrogen and oxygen atoms in total. The molecule has 0 spiro atoms. The molecule has 0 radical (unpaired) electrons. The van der Waals surface area contributed by atoms with Crippen LogP contribution in [0, 0.1) is 0 Å². The fourth-order valence-corrected chi connectivity index (χ4v) is 3.41. The molecular formula is C21H17N5O5. The zero-order valence-corrected chi connectivity index (χ0v) is 16.3. The summed E-state index contributed by atoms with van der Waals surface area (Å²) in [6.45, 7) is 1.48. The zero-order valence-electron chi connectivity index (χ0n) is 16.3. The lowest BCUT2D eigenvalue weighted by molar-refractivity contribution is 0.173. The first-order valence-corrected chi connectivity index (χ1v) is 9.72. The zero-order chi connectivity index (χ0) is 20.6. The van der Waals surface area contributed by atoms with Crippen LogP contribution in [0.15, 0.2) is 48.5 Å². The fourth-order valence-electron chi connectivity index (χ4n) is 3.41. The highest BCUT2D eigenvalue weighted by Crippen LogP contribution is 2.36. The van der Waals surface area contributed by atoms with E-state index in [1.54, 1.807) is 4.52 Å². The van der Waals surface area contributed by atoms with E-state index in [1.807, 2.05) is 48.5 Å². The van der Waals surface area contributed by atoms with Crippen molar-refractivity contribution in [3.8, 4) is 40.1 Å². The van der Waals surface area contributed by atoms with E-state index in [0.717, 1.165) is 22.8 Å². The van der Waals surface area contributed by atoms with E-state index in [2.05, 4.69) is 20.6 Å². The van der Waals surface area contributed by atoms with Crippen molar-refractivity contribution in [2.45, 2.75) is 0 Å². The molecule has 0 saturated carbocycles. The third-order valence-electron chi connectivity index (χ3n) is 4.91. The maximum absolute atomic E-state index is 5.78. The predicted octanol–water partition coefficient (Wildman–Crippen LogP) is 2.74. The molecule has 0 saturated heterocycles. The molecule has 0 atom stereocenters. The number of anilines is 1. The maximum atomic E-state index is 5.78. The summed E-state index contributed by atoms with van der Waals surface area (Å²) in [5, 5.41) is 16.3. The molecule has 4 aromatic rings. The molecule has 0 bridgehead atoms. The van der Waals surface area contributed by atoms with Crippen molar-refractivity contribution >= 4 is 11.5 Å². The Morgan fingerprint density at radius 3 is 2.48 bits per heavy atom. The molecule has 10 heteroatoms. The first kappa shape index (κ1) is 17.6. The van der Waals surface area contributed by atoms with Crippen molar-refractivity contribution in [2.75, 3.05) is 32.1 Å². The second-order valence-corrected chi connectivity index (χ2v) is 6.87. The number of benzene rings is 2. The third-order valence-corrected chi connectivity index (χ3v) is 4.91. The van der Waals surface area contributed by atoms with Gasteiger partial charge in [0.15, 0.2) is 34.5 Å². The molecule has 0 unspecified atom stereocenters. The maximum Gasteiger partial charge on any atom is 0.231 e. The molecule has 2 aliphatic rings. The van der Waals surface area contributed by atoms with E-state index in [0.29, 0.717) is 41.9 Å². The van der Waals surface area contributed by atoms with Gasteiger partial charge in [-0.15, -0.1) is 15.3 Å². The summed E-state index contributed by atoms with van der Waals surface area (Å²) < 4.78 is 29.0. The van der Waals surface area contributed by atoms with Gasteiger partial charge in [-0.1, -0.05) is 0 Å². The topological polar surface area (TPSA) is 101 Å². The van der Waals surface area contributed by atoms with E-state index in [1.165, 1.54) is 0 Å². The van der Waals surface area contributed by atoms with E-state index >= 15 is 0 Å². The van der Waals surface area contributed by atoms with Gasteiger partial charge in [-0.05, 0) is 42.5 Å². The van der Waals surface area contributed by atoms with E-state index in [9.17, 15) is 0 Å². The van der Waals surface area contributed by atoms with Gasteiger partial charge in [-0.25, -0.2) is 0 Å². The van der Waals surface area contributed by atoms with Crippen LogP contribution < -0.4 is 29.0 Å². The lowest BCUT2D eigenvalue weighted by Gasteiger charge is -2.09. The quantitative estimate of drug-likeness (QED) is 0.473. The van der Waals surface area contributed by atoms with Crippen LogP contribution in [0.2, 0.25) is 0 Å². The van der Waals surface area contributed by atoms with Gasteiger partial charge < -0.3 is 29.0 Å². The van der Waals surface area contributed by atoms with E-state index < -0.39 is 0 Å². The molecule has 2 aliphatic heterocycles. The number of nitrogens with zero attached hydrogens (tertiary/aromatic N) is 4. The first-order valence-electron chi connectivity index (χ1n) is 9.72. The predicted molar refractivity (Wildman–Crippen MR) is 109 cm³/mol. The van der Waals surface area contributed by atoms with Gasteiger partial charge in [0.05, 0.1) is 6.54 Å². The number of fused-ring (bicyclic) bond motifs is 3. The third kappa shape index (κ3) is 3.27. The van der Waals surface area contributed by atoms with Crippen molar-refractivity contribution in [1.82, 2.24) is 19.8 Å². The van der Waals surface area contributed by atoms with Crippen molar-refractivity contribution in [2.24, 2.45) is 0 Å². The van der Waals surface area contributed by atoms with Gasteiger partial charge in [0, 0.05) is 11.6 Å². The SMILES string of the molecule is c1cc2c(cc1OCCNc1ccc3nnc(-c4ccc5c(c4)OCO5)n3n1)OCO2. The van der Waals surface area contributed by atoms with Crippen molar-refractivity contribution in [1.29, 1.82) is 0 Å². The molecule has 4 heterocycles. The Morgan fingerprint density at radius 1 is 0.839 bits per heavy atom. The van der Waals surface area contributed by atoms with E-state index in [4.69, 9.17) is 23.7 Å². The van der Waals surface area contributed by atoms with Crippen LogP contribution >= 0.6 is 0 Å². The molecule has 31 heavy (non-hydrogen) atoms. The Balaban J connectivity index is 1.14. The van der Waals surface area contributed by atoms with Gasteiger partial charge in [0.25, 0.3) is 0 Å². The van der Waals surface area contributed by atoms with Gasteiger partial charge in [-0.3, -0.25) is 0 Å². The molecule has 1 N–H and O–H groups in total. The number of aromatic nitrogens is 4. The lowest BCUT2D eigenvalue weighted by atomic mass is 10.2. The standard InChI is InChI=1S/C21H17N5O5/c1-3-15-17(30-11-28-15)9-13(1)21-24-23-20-6-5-19(25-26(20)21)22-7-8-27-14-2-4-16-18(10-14)31-12-29-16/h1-6,9-10H,7-8,11-12H2,(H,22,25). The minimum atomic E-state index is 0.222. The van der Waals surface area contributed by atoms with Crippen LogP contribution in [-0.4, -0.2) is 46.5 Å². The Hall–Kier alpha value is -4.21. The van der Waals surface area contributed by atoms with E-state index in [-0.39, 0.29) is 13.6 Å². The van der Waals surface area contributed by atoms with Crippen LogP contribution in [0.4, 0.5) is 5.82 Å². The largest absolute Gasteiger partial charge is 0.492 e. The van der Waals surface area contributed by atoms with Gasteiger partial charge in [0.2, 0.25) is 13.6 Å². The van der Waals surface area contributed by atoms with Crippen molar-refractivity contribution in [3.05, 3.63) is 48.5 Å². The highest BCUT2D eigenvalue weighted by Gasteiger charge is 2.17. The number of rotatable bonds is 6. The molecule has 2 aromatic carbocycles. The monoisotopic (exact) mass is 419 g/mol. The summed E-state index contributed by atoms with van der Waals surface area (Å²) in [4.78, 5) is 0. The molecule has 2 aromatic heterocycles. The minimum absolute atomic E-state index is 0.222. The summed E-state index contributed by atoms with van der Waals surface area (Å²) >= 11 is 0. The normalized spacial score (nSPS) is 13.5. The molecule has 0 aliphatic carbocycles. The summed E-state index contributed by atoms with van der Waals surface area (Å²) in [6.07, 6.45) is 0. The highest BCUT2D eigenvalue weighted by molar-refractivity contribution is 5.64. The van der Waals surface area contributed by atoms with Crippen LogP contribution in [-0.2, 0) is 0 Å². The average molecular weight is 419 g/mol. The summed E-state index contributed by atoms with van der Waals surface area (Å²) in [7, 11) is 0. The number of hydrogen-bond acceptors (Lipinski definition) is 9. The Morgan fingerprint density at radius 2 is 1.61 bits per heavy atom. The van der Waals surface area contributed by atoms with Crippen molar-refractivity contribution in [3.63, 3.8) is 0 Å². The smallest absolute Gasteiger partial charge is 0.231 e. The van der Waals surface area contributed by atoms with Crippen LogP contribution in [0.5, 0.6) is 28.7 Å². The molecular weight excluding hydrogens is 402 g/mol. The molecule has 0 amide bonds. The average Bonchev–Trinajstić information content (AvgIpc) is 3.54. The summed E-state index contributed by atoms with van der Waals surface area (Å²) in [6, 6.07) is 14.9. The van der Waals surface area contributed by atoms with Crippen LogP contribution in [0.1, 0.15) is 0 Å². The lowest BCUT2D eigenvalue weighted by Crippen LogP contribution is -2.13. The second-order valence-electron chi connectivity index (χ2n) is 6.87. The summed E-state index contributed by atoms with van der Waals surface area (Å²) in [5.74, 6) is 4.85. The second kappa shape index (κ2) is 7.24. The van der Waals surface area contributed by atoms with Gasteiger partial charge >= 0.3 is 0 Å². The van der Waals surface area contributed by atoms with Crippen molar-refractivity contribution < 1.29 is 23.7 Å². The summed E-state index contributed by atoms with van der Waals surface area (Å²) in [5.41, 5.74) is 1.49. The number of nitrogens with one attached hydrogen (secondary N) is 1. The Bertz CT molecular complexity index is 1270. The minimum Gasteiger partial charge on any atom is -0.492 e. The highest BCUT2D eigenvalue weighted by atomic mass is 16.7. The van der Waals surface area contributed by atoms with Gasteiger partial charge in [-0.2, -0.15) is 4.52 Å². The number of ether oxygens (including phenoxy) is 5. The first-order chi connectivity index (χ1) is 15.3. The fraction of sp³-hybridized carbons (Fsp3) is 0.190. The number of hydrogen-bond donors (Lipinski definition) is 1.